The number of amides is 1. The molecule has 0 spiro atoms. The first-order valence-corrected chi connectivity index (χ1v) is 9.67. The number of fused-ring (bicyclic) bond motifs is 1. The minimum Gasteiger partial charge on any atom is -0.495 e. The summed E-state index contributed by atoms with van der Waals surface area (Å²) in [6, 6.07) is 5.65. The molecule has 3 rings (SSSR count). The number of pyridine rings is 1. The summed E-state index contributed by atoms with van der Waals surface area (Å²) >= 11 is 3.38. The van der Waals surface area contributed by atoms with E-state index in [-0.39, 0.29) is 16.9 Å². The molecule has 1 aromatic carbocycles. The summed E-state index contributed by atoms with van der Waals surface area (Å²) < 4.78 is 7.96. The zero-order chi connectivity index (χ0) is 18.8. The molecular formula is C20H23BrN2O3. The third-order valence-electron chi connectivity index (χ3n) is 4.99. The molecule has 6 heteroatoms. The molecule has 0 fully saturated rings. The number of hydrogen-bond acceptors (Lipinski definition) is 3. The summed E-state index contributed by atoms with van der Waals surface area (Å²) in [4.78, 5) is 26.0. The maximum atomic E-state index is 13.1. The van der Waals surface area contributed by atoms with Crippen LogP contribution >= 0.6 is 15.9 Å². The Morgan fingerprint density at radius 1 is 1.35 bits per heavy atom. The van der Waals surface area contributed by atoms with E-state index >= 15 is 0 Å². The lowest BCUT2D eigenvalue weighted by molar-refractivity contribution is 0.102. The van der Waals surface area contributed by atoms with Gasteiger partial charge in [-0.05, 0) is 60.2 Å². The topological polar surface area (TPSA) is 60.3 Å². The van der Waals surface area contributed by atoms with Gasteiger partial charge in [0.05, 0.1) is 17.3 Å². The second-order valence-electron chi connectivity index (χ2n) is 6.46. The highest BCUT2D eigenvalue weighted by atomic mass is 79.9. The van der Waals surface area contributed by atoms with Crippen LogP contribution in [0.5, 0.6) is 5.75 Å². The molecule has 1 amide bonds. The smallest absolute Gasteiger partial charge is 0.261 e. The maximum absolute atomic E-state index is 13.1. The highest BCUT2D eigenvalue weighted by Crippen LogP contribution is 2.30. The third kappa shape index (κ3) is 3.18. The fourth-order valence-corrected chi connectivity index (χ4v) is 3.99. The van der Waals surface area contributed by atoms with Crippen molar-refractivity contribution in [2.45, 2.75) is 46.1 Å². The van der Waals surface area contributed by atoms with Crippen molar-refractivity contribution in [2.75, 3.05) is 12.4 Å². The van der Waals surface area contributed by atoms with Crippen molar-refractivity contribution >= 4 is 27.5 Å². The number of aryl methyl sites for hydroxylation is 1. The molecule has 1 aliphatic rings. The number of anilines is 1. The number of methoxy groups -OCH3 is 1. The normalized spacial score (nSPS) is 13.2. The first-order chi connectivity index (χ1) is 12.5. The minimum atomic E-state index is -0.374. The van der Waals surface area contributed by atoms with E-state index < -0.39 is 0 Å². The summed E-state index contributed by atoms with van der Waals surface area (Å²) in [6.45, 7) is 4.76. The number of carbonyl (C=O) groups is 1. The fourth-order valence-electron chi connectivity index (χ4n) is 3.58. The fraction of sp³-hybridized carbons (Fsp3) is 0.400. The van der Waals surface area contributed by atoms with Crippen LogP contribution < -0.4 is 15.5 Å². The zero-order valence-electron chi connectivity index (χ0n) is 15.3. The summed E-state index contributed by atoms with van der Waals surface area (Å²) in [7, 11) is 1.57. The Kier molecular flexibility index (Phi) is 5.51. The summed E-state index contributed by atoms with van der Waals surface area (Å²) in [5, 5.41) is 2.94. The van der Waals surface area contributed by atoms with Gasteiger partial charge >= 0.3 is 0 Å². The van der Waals surface area contributed by atoms with E-state index in [4.69, 9.17) is 4.74 Å². The molecule has 0 bridgehead atoms. The van der Waals surface area contributed by atoms with Crippen LogP contribution in [0.15, 0.2) is 27.5 Å². The summed E-state index contributed by atoms with van der Waals surface area (Å²) in [5.41, 5.74) is 3.29. The Labute approximate surface area is 161 Å². The Bertz CT molecular complexity index is 896. The van der Waals surface area contributed by atoms with Gasteiger partial charge in [0.2, 0.25) is 5.43 Å². The van der Waals surface area contributed by atoms with E-state index in [2.05, 4.69) is 25.8 Å². The SMILES string of the molecule is CCc1cccc(OC)c1NC(=O)c1c2n(c(C)c(Br)c1=O)CCCC2. The largest absolute Gasteiger partial charge is 0.495 e. The van der Waals surface area contributed by atoms with Crippen LogP contribution in [0.1, 0.15) is 47.1 Å². The number of hydrogen-bond donors (Lipinski definition) is 1. The highest BCUT2D eigenvalue weighted by Gasteiger charge is 2.26. The zero-order valence-corrected chi connectivity index (χ0v) is 16.9. The number of nitrogens with zero attached hydrogens (tertiary/aromatic N) is 1. The van der Waals surface area contributed by atoms with Gasteiger partial charge in [-0.25, -0.2) is 0 Å². The van der Waals surface area contributed by atoms with Crippen molar-refractivity contribution in [3.63, 3.8) is 0 Å². The van der Waals surface area contributed by atoms with Crippen LogP contribution in [-0.2, 0) is 19.4 Å². The van der Waals surface area contributed by atoms with Gasteiger partial charge in [-0.3, -0.25) is 9.59 Å². The van der Waals surface area contributed by atoms with Crippen LogP contribution in [0.2, 0.25) is 0 Å². The quantitative estimate of drug-likeness (QED) is 0.813. The molecule has 0 unspecified atom stereocenters. The summed E-state index contributed by atoms with van der Waals surface area (Å²) in [5.74, 6) is 0.221. The predicted octanol–water partition coefficient (Wildman–Crippen LogP) is 4.08. The van der Waals surface area contributed by atoms with Crippen molar-refractivity contribution < 1.29 is 9.53 Å². The molecule has 138 valence electrons. The van der Waals surface area contributed by atoms with Gasteiger partial charge in [-0.15, -0.1) is 0 Å². The molecule has 2 heterocycles. The second kappa shape index (κ2) is 7.66. The van der Waals surface area contributed by atoms with Gasteiger partial charge < -0.3 is 14.6 Å². The van der Waals surface area contributed by atoms with Gasteiger partial charge in [0.15, 0.2) is 0 Å². The van der Waals surface area contributed by atoms with Gasteiger partial charge in [0.25, 0.3) is 5.91 Å². The van der Waals surface area contributed by atoms with Crippen molar-refractivity contribution in [2.24, 2.45) is 0 Å². The molecule has 1 aromatic heterocycles. The number of para-hydroxylation sites is 1. The second-order valence-corrected chi connectivity index (χ2v) is 7.25. The van der Waals surface area contributed by atoms with E-state index in [1.165, 1.54) is 0 Å². The predicted molar refractivity (Wildman–Crippen MR) is 106 cm³/mol. The van der Waals surface area contributed by atoms with E-state index in [1.807, 2.05) is 32.0 Å². The van der Waals surface area contributed by atoms with Gasteiger partial charge in [-0.2, -0.15) is 0 Å². The van der Waals surface area contributed by atoms with Crippen molar-refractivity contribution in [3.8, 4) is 5.75 Å². The lowest BCUT2D eigenvalue weighted by Gasteiger charge is -2.25. The Balaban J connectivity index is 2.10. The van der Waals surface area contributed by atoms with Crippen molar-refractivity contribution in [3.05, 3.63) is 55.4 Å². The number of ether oxygens (including phenoxy) is 1. The molecule has 0 saturated carbocycles. The lowest BCUT2D eigenvalue weighted by atomic mass is 10.0. The Hall–Kier alpha value is -2.08. The Morgan fingerprint density at radius 3 is 2.81 bits per heavy atom. The van der Waals surface area contributed by atoms with Crippen LogP contribution in [0.4, 0.5) is 5.69 Å². The first kappa shape index (κ1) is 18.7. The van der Waals surface area contributed by atoms with E-state index in [1.54, 1.807) is 7.11 Å². The molecular weight excluding hydrogens is 396 g/mol. The average molecular weight is 419 g/mol. The minimum absolute atomic E-state index is 0.232. The Morgan fingerprint density at radius 2 is 2.12 bits per heavy atom. The van der Waals surface area contributed by atoms with Gasteiger partial charge in [-0.1, -0.05) is 19.1 Å². The number of rotatable bonds is 4. The highest BCUT2D eigenvalue weighted by molar-refractivity contribution is 9.10. The standard InChI is InChI=1S/C20H23BrN2O3/c1-4-13-8-7-10-15(26-3)18(13)22-20(25)16-14-9-5-6-11-23(14)12(2)17(21)19(16)24/h7-8,10H,4-6,9,11H2,1-3H3,(H,22,25). The monoisotopic (exact) mass is 418 g/mol. The molecule has 1 N–H and O–H groups in total. The van der Waals surface area contributed by atoms with Gasteiger partial charge in [0, 0.05) is 17.9 Å². The number of benzene rings is 1. The van der Waals surface area contributed by atoms with Crippen LogP contribution in [-0.4, -0.2) is 17.6 Å². The van der Waals surface area contributed by atoms with Crippen LogP contribution in [0.25, 0.3) is 0 Å². The molecule has 2 aromatic rings. The van der Waals surface area contributed by atoms with Gasteiger partial charge in [0.1, 0.15) is 11.3 Å². The van der Waals surface area contributed by atoms with Crippen LogP contribution in [0, 0.1) is 6.92 Å². The number of carbonyl (C=O) groups excluding carboxylic acids is 1. The molecule has 0 atom stereocenters. The summed E-state index contributed by atoms with van der Waals surface area (Å²) in [6.07, 6.45) is 3.52. The van der Waals surface area contributed by atoms with Crippen molar-refractivity contribution in [1.29, 1.82) is 0 Å². The molecule has 5 nitrogen and oxygen atoms in total. The molecule has 0 saturated heterocycles. The average Bonchev–Trinajstić information content (AvgIpc) is 2.66. The molecule has 0 aliphatic carbocycles. The van der Waals surface area contributed by atoms with Crippen molar-refractivity contribution in [1.82, 2.24) is 4.57 Å². The van der Waals surface area contributed by atoms with Crippen LogP contribution in [0.3, 0.4) is 0 Å². The lowest BCUT2D eigenvalue weighted by Crippen LogP contribution is -2.31. The number of nitrogens with one attached hydrogen (secondary N) is 1. The number of aromatic nitrogens is 1. The molecule has 26 heavy (non-hydrogen) atoms. The first-order valence-electron chi connectivity index (χ1n) is 8.88. The third-order valence-corrected chi connectivity index (χ3v) is 5.92. The van der Waals surface area contributed by atoms with E-state index in [0.29, 0.717) is 15.9 Å². The molecule has 0 radical (unpaired) electrons. The maximum Gasteiger partial charge on any atom is 0.261 e. The molecule has 1 aliphatic heterocycles. The van der Waals surface area contributed by atoms with E-state index in [0.717, 1.165) is 49.2 Å². The number of halogens is 1. The van der Waals surface area contributed by atoms with E-state index in [9.17, 15) is 9.59 Å².